The quantitative estimate of drug-likeness (QED) is 0.755. The van der Waals surface area contributed by atoms with Crippen LogP contribution in [0.25, 0.3) is 11.1 Å². The molecule has 0 aromatic heterocycles. The fourth-order valence-electron chi connectivity index (χ4n) is 3.81. The lowest BCUT2D eigenvalue weighted by molar-refractivity contribution is 0.243. The lowest BCUT2D eigenvalue weighted by Crippen LogP contribution is -2.30. The first-order valence-electron chi connectivity index (χ1n) is 9.22. The number of nitriles is 1. The van der Waals surface area contributed by atoms with Crippen LogP contribution in [-0.4, -0.2) is 18.0 Å². The van der Waals surface area contributed by atoms with Gasteiger partial charge in [0.15, 0.2) is 0 Å². The molecule has 0 atom stereocenters. The first-order valence-corrected chi connectivity index (χ1v) is 9.22. The highest BCUT2D eigenvalue weighted by molar-refractivity contribution is 5.69. The molecule has 0 aliphatic carbocycles. The first-order chi connectivity index (χ1) is 12.2. The molecule has 0 amide bonds. The molecule has 128 valence electrons. The van der Waals surface area contributed by atoms with Crippen molar-refractivity contribution in [1.82, 2.24) is 4.90 Å². The minimum absolute atomic E-state index is 0.694. The van der Waals surface area contributed by atoms with Gasteiger partial charge in [-0.05, 0) is 72.2 Å². The van der Waals surface area contributed by atoms with Crippen molar-refractivity contribution < 1.29 is 0 Å². The molecule has 0 bridgehead atoms. The lowest BCUT2D eigenvalue weighted by atomic mass is 9.88. The van der Waals surface area contributed by atoms with Gasteiger partial charge in [0.05, 0.1) is 11.6 Å². The van der Waals surface area contributed by atoms with Crippen molar-refractivity contribution >= 4 is 0 Å². The predicted molar refractivity (Wildman–Crippen MR) is 104 cm³/mol. The Morgan fingerprint density at radius 1 is 1.20 bits per heavy atom. The molecular formula is C23H26N2. The van der Waals surface area contributed by atoms with Crippen LogP contribution in [0.4, 0.5) is 0 Å². The van der Waals surface area contributed by atoms with Crippen molar-refractivity contribution in [2.75, 3.05) is 13.1 Å². The molecule has 0 saturated carbocycles. The van der Waals surface area contributed by atoms with Crippen LogP contribution < -0.4 is 0 Å². The SMILES string of the molecule is C=CN1CCC(Cc2cc(C#N)cc(-c3ccccc3CC)c2)CC1. The maximum atomic E-state index is 9.46. The Morgan fingerprint density at radius 3 is 2.64 bits per heavy atom. The summed E-state index contributed by atoms with van der Waals surface area (Å²) in [6.45, 7) is 8.24. The van der Waals surface area contributed by atoms with Gasteiger partial charge in [-0.25, -0.2) is 0 Å². The van der Waals surface area contributed by atoms with E-state index in [1.807, 2.05) is 12.3 Å². The molecular weight excluding hydrogens is 304 g/mol. The van der Waals surface area contributed by atoms with Crippen molar-refractivity contribution in [1.29, 1.82) is 5.26 Å². The van der Waals surface area contributed by atoms with Gasteiger partial charge in [-0.3, -0.25) is 0 Å². The summed E-state index contributed by atoms with van der Waals surface area (Å²) in [5.74, 6) is 0.694. The second-order valence-corrected chi connectivity index (χ2v) is 6.91. The zero-order valence-corrected chi connectivity index (χ0v) is 15.0. The van der Waals surface area contributed by atoms with Gasteiger partial charge in [0.1, 0.15) is 0 Å². The van der Waals surface area contributed by atoms with Crippen LogP contribution in [0.15, 0.2) is 55.2 Å². The van der Waals surface area contributed by atoms with Crippen LogP contribution in [-0.2, 0) is 12.8 Å². The molecule has 2 nitrogen and oxygen atoms in total. The molecule has 2 aromatic rings. The summed E-state index contributed by atoms with van der Waals surface area (Å²) in [5, 5.41) is 9.46. The van der Waals surface area contributed by atoms with Crippen LogP contribution in [0.1, 0.15) is 36.5 Å². The molecule has 0 unspecified atom stereocenters. The van der Waals surface area contributed by atoms with E-state index in [9.17, 15) is 5.26 Å². The molecule has 2 aromatic carbocycles. The van der Waals surface area contributed by atoms with Gasteiger partial charge in [-0.2, -0.15) is 5.26 Å². The van der Waals surface area contributed by atoms with E-state index in [0.29, 0.717) is 5.92 Å². The van der Waals surface area contributed by atoms with Crippen LogP contribution in [0.5, 0.6) is 0 Å². The van der Waals surface area contributed by atoms with E-state index in [0.717, 1.165) is 31.5 Å². The van der Waals surface area contributed by atoms with Gasteiger partial charge >= 0.3 is 0 Å². The molecule has 1 fully saturated rings. The average molecular weight is 330 g/mol. The predicted octanol–water partition coefficient (Wildman–Crippen LogP) is 5.19. The number of piperidine rings is 1. The zero-order chi connectivity index (χ0) is 17.6. The van der Waals surface area contributed by atoms with Crippen LogP contribution >= 0.6 is 0 Å². The fraction of sp³-hybridized carbons (Fsp3) is 0.348. The minimum Gasteiger partial charge on any atom is -0.378 e. The van der Waals surface area contributed by atoms with Crippen molar-refractivity contribution in [2.24, 2.45) is 5.92 Å². The zero-order valence-electron chi connectivity index (χ0n) is 15.0. The third-order valence-corrected chi connectivity index (χ3v) is 5.26. The summed E-state index contributed by atoms with van der Waals surface area (Å²) in [6, 6.07) is 17.2. The molecule has 0 spiro atoms. The Kier molecular flexibility index (Phi) is 5.56. The largest absolute Gasteiger partial charge is 0.378 e. The number of hydrogen-bond donors (Lipinski definition) is 0. The van der Waals surface area contributed by atoms with E-state index in [-0.39, 0.29) is 0 Å². The summed E-state index contributed by atoms with van der Waals surface area (Å²) in [4.78, 5) is 2.30. The standard InChI is InChI=1S/C23H26N2/c1-3-21-7-5-6-8-23(21)22-15-19(14-20(16-22)17-24)13-18-9-11-25(4-2)12-10-18/h4-8,14-16,18H,2-3,9-13H2,1H3. The topological polar surface area (TPSA) is 27.0 Å². The highest BCUT2D eigenvalue weighted by atomic mass is 15.1. The van der Waals surface area contributed by atoms with Gasteiger partial charge < -0.3 is 4.90 Å². The Labute approximate surface area is 151 Å². The smallest absolute Gasteiger partial charge is 0.0991 e. The highest BCUT2D eigenvalue weighted by Gasteiger charge is 2.18. The molecule has 3 rings (SSSR count). The van der Waals surface area contributed by atoms with E-state index in [4.69, 9.17) is 0 Å². The number of nitrogens with zero attached hydrogens (tertiary/aromatic N) is 2. The highest BCUT2D eigenvalue weighted by Crippen LogP contribution is 2.29. The normalized spacial score (nSPS) is 15.0. The summed E-state index contributed by atoms with van der Waals surface area (Å²) in [7, 11) is 0. The van der Waals surface area contributed by atoms with E-state index in [1.165, 1.54) is 35.1 Å². The summed E-state index contributed by atoms with van der Waals surface area (Å²) in [5.41, 5.74) is 5.82. The summed E-state index contributed by atoms with van der Waals surface area (Å²) < 4.78 is 0. The second-order valence-electron chi connectivity index (χ2n) is 6.91. The lowest BCUT2D eigenvalue weighted by Gasteiger charge is -2.31. The van der Waals surface area contributed by atoms with Crippen LogP contribution in [0.3, 0.4) is 0 Å². The number of rotatable bonds is 5. The van der Waals surface area contributed by atoms with E-state index in [2.05, 4.69) is 60.9 Å². The molecule has 1 aliphatic rings. The van der Waals surface area contributed by atoms with E-state index >= 15 is 0 Å². The number of aryl methyl sites for hydroxylation is 1. The summed E-state index contributed by atoms with van der Waals surface area (Å²) >= 11 is 0. The van der Waals surface area contributed by atoms with Crippen LogP contribution in [0.2, 0.25) is 0 Å². The molecule has 2 heteroatoms. The molecule has 1 aliphatic heterocycles. The van der Waals surface area contributed by atoms with E-state index in [1.54, 1.807) is 0 Å². The monoisotopic (exact) mass is 330 g/mol. The van der Waals surface area contributed by atoms with Crippen molar-refractivity contribution in [2.45, 2.75) is 32.6 Å². The second kappa shape index (κ2) is 8.03. The summed E-state index contributed by atoms with van der Waals surface area (Å²) in [6.07, 6.45) is 6.41. The van der Waals surface area contributed by atoms with Crippen molar-refractivity contribution in [3.05, 3.63) is 71.9 Å². The van der Waals surface area contributed by atoms with Crippen molar-refractivity contribution in [3.63, 3.8) is 0 Å². The van der Waals surface area contributed by atoms with Crippen molar-refractivity contribution in [3.8, 4) is 17.2 Å². The Hall–Kier alpha value is -2.53. The minimum atomic E-state index is 0.694. The van der Waals surface area contributed by atoms with Gasteiger partial charge in [0, 0.05) is 13.1 Å². The third kappa shape index (κ3) is 4.12. The third-order valence-electron chi connectivity index (χ3n) is 5.26. The Balaban J connectivity index is 1.86. The first kappa shape index (κ1) is 17.3. The van der Waals surface area contributed by atoms with Gasteiger partial charge in [0.25, 0.3) is 0 Å². The Morgan fingerprint density at radius 2 is 1.96 bits per heavy atom. The number of benzene rings is 2. The Bertz CT molecular complexity index is 777. The molecule has 1 heterocycles. The van der Waals surface area contributed by atoms with Crippen LogP contribution in [0, 0.1) is 17.2 Å². The number of hydrogen-bond acceptors (Lipinski definition) is 2. The average Bonchev–Trinajstić information content (AvgIpc) is 2.68. The molecule has 25 heavy (non-hydrogen) atoms. The molecule has 0 N–H and O–H groups in total. The molecule has 1 saturated heterocycles. The molecule has 0 radical (unpaired) electrons. The van der Waals surface area contributed by atoms with Gasteiger partial charge in [-0.15, -0.1) is 0 Å². The maximum absolute atomic E-state index is 9.46. The van der Waals surface area contributed by atoms with Gasteiger partial charge in [-0.1, -0.05) is 43.8 Å². The fourth-order valence-corrected chi connectivity index (χ4v) is 3.81. The van der Waals surface area contributed by atoms with E-state index < -0.39 is 0 Å². The number of likely N-dealkylation sites (tertiary alicyclic amines) is 1. The van der Waals surface area contributed by atoms with Gasteiger partial charge in [0.2, 0.25) is 0 Å². The maximum Gasteiger partial charge on any atom is 0.0991 e.